The molecule has 1 saturated heterocycles. The monoisotopic (exact) mass is 327 g/mol. The summed E-state index contributed by atoms with van der Waals surface area (Å²) in [6.07, 6.45) is -1.05. The first-order valence-corrected chi connectivity index (χ1v) is 7.76. The zero-order valence-corrected chi connectivity index (χ0v) is 13.0. The first-order valence-electron chi connectivity index (χ1n) is 7.76. The average Bonchev–Trinajstić information content (AvgIpc) is 2.86. The second-order valence-electron chi connectivity index (χ2n) is 6.31. The van der Waals surface area contributed by atoms with Crippen LogP contribution in [0.2, 0.25) is 0 Å². The fourth-order valence-electron chi connectivity index (χ4n) is 3.30. The van der Waals surface area contributed by atoms with Crippen molar-refractivity contribution in [1.82, 2.24) is 14.9 Å². The van der Waals surface area contributed by atoms with E-state index in [1.165, 1.54) is 0 Å². The fourth-order valence-corrected chi connectivity index (χ4v) is 3.30. The van der Waals surface area contributed by atoms with Crippen LogP contribution in [-0.2, 0) is 12.7 Å². The van der Waals surface area contributed by atoms with E-state index in [2.05, 4.69) is 9.97 Å². The number of pyridine rings is 1. The molecular formula is C16H20F3N3O. The second kappa shape index (κ2) is 6.13. The molecule has 0 unspecified atom stereocenters. The van der Waals surface area contributed by atoms with Gasteiger partial charge in [-0.05, 0) is 43.9 Å². The number of likely N-dealkylation sites (tertiary alicyclic amines) is 1. The van der Waals surface area contributed by atoms with Crippen molar-refractivity contribution in [3.63, 3.8) is 0 Å². The van der Waals surface area contributed by atoms with Gasteiger partial charge in [0.1, 0.15) is 11.3 Å². The van der Waals surface area contributed by atoms with E-state index in [1.807, 2.05) is 11.8 Å². The average molecular weight is 327 g/mol. The normalized spacial score (nSPS) is 20.3. The van der Waals surface area contributed by atoms with E-state index in [0.29, 0.717) is 11.9 Å². The Hall–Kier alpha value is -1.60. The lowest BCUT2D eigenvalue weighted by Crippen LogP contribution is -2.36. The molecule has 0 amide bonds. The summed E-state index contributed by atoms with van der Waals surface area (Å²) in [6, 6.07) is 1.75. The Morgan fingerprint density at radius 2 is 2.22 bits per heavy atom. The van der Waals surface area contributed by atoms with Crippen LogP contribution in [0.15, 0.2) is 12.3 Å². The zero-order valence-electron chi connectivity index (χ0n) is 13.0. The molecule has 1 atom stereocenters. The summed E-state index contributed by atoms with van der Waals surface area (Å²) in [5.74, 6) is 0.142. The van der Waals surface area contributed by atoms with E-state index in [-0.39, 0.29) is 30.3 Å². The molecule has 2 aromatic heterocycles. The molecule has 0 aliphatic carbocycles. The van der Waals surface area contributed by atoms with E-state index in [9.17, 15) is 18.3 Å². The van der Waals surface area contributed by atoms with E-state index in [1.54, 1.807) is 12.3 Å². The lowest BCUT2D eigenvalue weighted by atomic mass is 9.98. The summed E-state index contributed by atoms with van der Waals surface area (Å²) < 4.78 is 40.1. The number of nitrogens with zero attached hydrogens (tertiary/aromatic N) is 2. The molecule has 0 aromatic carbocycles. The molecule has 0 radical (unpaired) electrons. The lowest BCUT2D eigenvalue weighted by Gasteiger charge is -2.32. The maximum Gasteiger partial charge on any atom is 0.431 e. The van der Waals surface area contributed by atoms with Gasteiger partial charge in [-0.1, -0.05) is 0 Å². The van der Waals surface area contributed by atoms with Gasteiger partial charge in [0.25, 0.3) is 0 Å². The van der Waals surface area contributed by atoms with Gasteiger partial charge in [0, 0.05) is 36.8 Å². The molecule has 1 fully saturated rings. The van der Waals surface area contributed by atoms with Gasteiger partial charge >= 0.3 is 6.18 Å². The van der Waals surface area contributed by atoms with Crippen molar-refractivity contribution in [2.75, 3.05) is 19.7 Å². The number of nitrogens with one attached hydrogen (secondary N) is 1. The van der Waals surface area contributed by atoms with Crippen LogP contribution < -0.4 is 0 Å². The number of hydrogen-bond acceptors (Lipinski definition) is 3. The number of halogens is 3. The van der Waals surface area contributed by atoms with E-state index in [0.717, 1.165) is 24.9 Å². The van der Waals surface area contributed by atoms with Crippen molar-refractivity contribution in [3.05, 3.63) is 29.1 Å². The summed E-state index contributed by atoms with van der Waals surface area (Å²) in [7, 11) is 0. The van der Waals surface area contributed by atoms with Crippen LogP contribution in [0, 0.1) is 12.8 Å². The summed E-state index contributed by atoms with van der Waals surface area (Å²) in [6.45, 7) is 3.49. The zero-order chi connectivity index (χ0) is 16.6. The summed E-state index contributed by atoms with van der Waals surface area (Å²) in [5, 5.41) is 9.84. The molecule has 3 heterocycles. The van der Waals surface area contributed by atoms with Crippen molar-refractivity contribution < 1.29 is 18.3 Å². The van der Waals surface area contributed by atoms with Crippen LogP contribution in [0.5, 0.6) is 0 Å². The number of aliphatic hydroxyl groups is 1. The standard InChI is InChI=1S/C16H20F3N3O/c1-10-5-12-13(8-22-4-2-3-11(7-22)9-23)14(16(17,18)19)21-15(12)20-6-10/h5-6,11,23H,2-4,7-9H2,1H3,(H,20,21)/t11-/m1/s1. The molecule has 126 valence electrons. The number of rotatable bonds is 3. The molecule has 0 saturated carbocycles. The highest BCUT2D eigenvalue weighted by Crippen LogP contribution is 2.36. The number of alkyl halides is 3. The Morgan fingerprint density at radius 3 is 2.91 bits per heavy atom. The predicted octanol–water partition coefficient (Wildman–Crippen LogP) is 3.09. The number of piperidine rings is 1. The molecule has 0 bridgehead atoms. The number of H-pyrrole nitrogens is 1. The van der Waals surface area contributed by atoms with Crippen molar-refractivity contribution in [3.8, 4) is 0 Å². The second-order valence-corrected chi connectivity index (χ2v) is 6.31. The SMILES string of the molecule is Cc1cnc2[nH]c(C(F)(F)F)c(CN3CCC[C@@H](CO)C3)c2c1. The third kappa shape index (κ3) is 3.35. The third-order valence-electron chi connectivity index (χ3n) is 4.42. The highest BCUT2D eigenvalue weighted by Gasteiger charge is 2.37. The van der Waals surface area contributed by atoms with E-state index >= 15 is 0 Å². The first-order chi connectivity index (χ1) is 10.9. The van der Waals surface area contributed by atoms with Crippen molar-refractivity contribution >= 4 is 11.0 Å². The Kier molecular flexibility index (Phi) is 4.33. The smallest absolute Gasteiger partial charge is 0.396 e. The number of aromatic amines is 1. The predicted molar refractivity (Wildman–Crippen MR) is 80.9 cm³/mol. The van der Waals surface area contributed by atoms with Gasteiger partial charge < -0.3 is 10.1 Å². The maximum atomic E-state index is 13.4. The van der Waals surface area contributed by atoms with Gasteiger partial charge in [0.15, 0.2) is 0 Å². The third-order valence-corrected chi connectivity index (χ3v) is 4.42. The van der Waals surface area contributed by atoms with Crippen LogP contribution >= 0.6 is 0 Å². The molecule has 7 heteroatoms. The van der Waals surface area contributed by atoms with E-state index < -0.39 is 11.9 Å². The van der Waals surface area contributed by atoms with Gasteiger partial charge in [0.05, 0.1) is 0 Å². The maximum absolute atomic E-state index is 13.4. The number of fused-ring (bicyclic) bond motifs is 1. The largest absolute Gasteiger partial charge is 0.431 e. The van der Waals surface area contributed by atoms with Gasteiger partial charge in [-0.15, -0.1) is 0 Å². The highest BCUT2D eigenvalue weighted by atomic mass is 19.4. The Morgan fingerprint density at radius 1 is 1.43 bits per heavy atom. The summed E-state index contributed by atoms with van der Waals surface area (Å²) in [5.41, 5.74) is 0.644. The topological polar surface area (TPSA) is 52.2 Å². The summed E-state index contributed by atoms with van der Waals surface area (Å²) in [4.78, 5) is 8.51. The fraction of sp³-hybridized carbons (Fsp3) is 0.562. The minimum absolute atomic E-state index is 0.0805. The van der Waals surface area contributed by atoms with Crippen LogP contribution in [-0.4, -0.2) is 39.7 Å². The van der Waals surface area contributed by atoms with Gasteiger partial charge in [-0.2, -0.15) is 13.2 Å². The van der Waals surface area contributed by atoms with Crippen LogP contribution in [0.25, 0.3) is 11.0 Å². The van der Waals surface area contributed by atoms with Crippen LogP contribution in [0.4, 0.5) is 13.2 Å². The number of aryl methyl sites for hydroxylation is 1. The van der Waals surface area contributed by atoms with Crippen molar-refractivity contribution in [1.29, 1.82) is 0 Å². The molecule has 2 aromatic rings. The molecule has 3 rings (SSSR count). The Balaban J connectivity index is 1.99. The van der Waals surface area contributed by atoms with Crippen LogP contribution in [0.3, 0.4) is 0 Å². The van der Waals surface area contributed by atoms with Crippen LogP contribution in [0.1, 0.15) is 29.7 Å². The van der Waals surface area contributed by atoms with Gasteiger partial charge in [-0.25, -0.2) is 4.98 Å². The van der Waals surface area contributed by atoms with Gasteiger partial charge in [-0.3, -0.25) is 4.90 Å². The Bertz CT molecular complexity index is 696. The molecule has 0 spiro atoms. The quantitative estimate of drug-likeness (QED) is 0.911. The number of aromatic nitrogens is 2. The van der Waals surface area contributed by atoms with Gasteiger partial charge in [0.2, 0.25) is 0 Å². The molecule has 1 aliphatic rings. The summed E-state index contributed by atoms with van der Waals surface area (Å²) >= 11 is 0. The van der Waals surface area contributed by atoms with Crippen molar-refractivity contribution in [2.24, 2.45) is 5.92 Å². The molecule has 1 aliphatic heterocycles. The molecule has 23 heavy (non-hydrogen) atoms. The molecule has 4 nitrogen and oxygen atoms in total. The number of hydrogen-bond donors (Lipinski definition) is 2. The minimum atomic E-state index is -4.43. The molecular weight excluding hydrogens is 307 g/mol. The first kappa shape index (κ1) is 16.3. The lowest BCUT2D eigenvalue weighted by molar-refractivity contribution is -0.141. The Labute approximate surface area is 132 Å². The van der Waals surface area contributed by atoms with Crippen molar-refractivity contribution in [2.45, 2.75) is 32.5 Å². The molecule has 2 N–H and O–H groups in total. The highest BCUT2D eigenvalue weighted by molar-refractivity contribution is 5.82. The minimum Gasteiger partial charge on any atom is -0.396 e. The van der Waals surface area contributed by atoms with E-state index in [4.69, 9.17) is 0 Å². The number of aliphatic hydroxyl groups excluding tert-OH is 1.